The first-order valence-electron chi connectivity index (χ1n) is 6.17. The summed E-state index contributed by atoms with van der Waals surface area (Å²) in [5.41, 5.74) is 5.62. The lowest BCUT2D eigenvalue weighted by molar-refractivity contribution is -0.148. The summed E-state index contributed by atoms with van der Waals surface area (Å²) in [5.74, 6) is -0.533. The first-order valence-corrected chi connectivity index (χ1v) is 6.17. The molecule has 2 rings (SSSR count). The minimum absolute atomic E-state index is 0.266. The van der Waals surface area contributed by atoms with Gasteiger partial charge in [0.2, 0.25) is 5.82 Å². The van der Waals surface area contributed by atoms with Crippen LogP contribution in [0.5, 0.6) is 0 Å². The molecule has 108 valence electrons. The molecule has 1 aromatic rings. The van der Waals surface area contributed by atoms with E-state index in [0.717, 1.165) is 17.5 Å². The fourth-order valence-corrected chi connectivity index (χ4v) is 2.05. The lowest BCUT2D eigenvalue weighted by Crippen LogP contribution is -2.41. The van der Waals surface area contributed by atoms with Gasteiger partial charge in [0.1, 0.15) is 5.82 Å². The van der Waals surface area contributed by atoms with Crippen molar-refractivity contribution in [1.29, 1.82) is 0 Å². The number of hydrogen-bond acceptors (Lipinski definition) is 4. The maximum atomic E-state index is 12.7. The van der Waals surface area contributed by atoms with Crippen molar-refractivity contribution in [2.45, 2.75) is 45.1 Å². The summed E-state index contributed by atoms with van der Waals surface area (Å²) in [6.07, 6.45) is -3.65. The van der Waals surface area contributed by atoms with Gasteiger partial charge in [-0.25, -0.2) is 0 Å². The zero-order valence-corrected chi connectivity index (χ0v) is 11.0. The molecular formula is C11H18F3N5. The third-order valence-corrected chi connectivity index (χ3v) is 3.16. The predicted molar refractivity (Wildman–Crippen MR) is 63.2 cm³/mol. The van der Waals surface area contributed by atoms with Crippen LogP contribution in [0.25, 0.3) is 0 Å². The van der Waals surface area contributed by atoms with Crippen molar-refractivity contribution in [2.75, 3.05) is 13.1 Å². The lowest BCUT2D eigenvalue weighted by Gasteiger charge is -2.30. The molecule has 19 heavy (non-hydrogen) atoms. The number of fused-ring (bicyclic) bond motifs is 1. The van der Waals surface area contributed by atoms with Crippen molar-refractivity contribution in [2.24, 2.45) is 5.73 Å². The Balaban J connectivity index is 2.04. The van der Waals surface area contributed by atoms with Crippen LogP contribution in [0.15, 0.2) is 0 Å². The van der Waals surface area contributed by atoms with Gasteiger partial charge in [0, 0.05) is 25.2 Å². The minimum atomic E-state index is -4.44. The largest absolute Gasteiger partial charge is 0.451 e. The number of halogens is 3. The molecule has 5 nitrogen and oxygen atoms in total. The van der Waals surface area contributed by atoms with Crippen LogP contribution in [0.3, 0.4) is 0 Å². The summed E-state index contributed by atoms with van der Waals surface area (Å²) in [7, 11) is 0. The number of rotatable bonds is 3. The van der Waals surface area contributed by atoms with Gasteiger partial charge >= 0.3 is 6.18 Å². The van der Waals surface area contributed by atoms with Crippen molar-refractivity contribution in [3.05, 3.63) is 11.6 Å². The Bertz CT molecular complexity index is 446. The van der Waals surface area contributed by atoms with E-state index in [9.17, 15) is 13.2 Å². The molecule has 0 spiro atoms. The van der Waals surface area contributed by atoms with E-state index >= 15 is 0 Å². The van der Waals surface area contributed by atoms with E-state index in [1.165, 1.54) is 0 Å². The van der Waals surface area contributed by atoms with E-state index in [1.54, 1.807) is 0 Å². The minimum Gasteiger partial charge on any atom is -0.326 e. The Morgan fingerprint density at radius 3 is 2.47 bits per heavy atom. The van der Waals surface area contributed by atoms with Crippen molar-refractivity contribution >= 4 is 0 Å². The zero-order valence-electron chi connectivity index (χ0n) is 11.0. The normalized spacial score (nSPS) is 17.6. The zero-order chi connectivity index (χ0) is 14.3. The fourth-order valence-electron chi connectivity index (χ4n) is 2.05. The highest BCUT2D eigenvalue weighted by Crippen LogP contribution is 2.29. The summed E-state index contributed by atoms with van der Waals surface area (Å²) >= 11 is 0. The highest BCUT2D eigenvalue weighted by atomic mass is 19.4. The molecular weight excluding hydrogens is 259 g/mol. The molecule has 0 aromatic carbocycles. The van der Waals surface area contributed by atoms with Gasteiger partial charge in [-0.2, -0.15) is 13.2 Å². The Morgan fingerprint density at radius 1 is 1.21 bits per heavy atom. The fraction of sp³-hybridized carbons (Fsp3) is 0.818. The highest BCUT2D eigenvalue weighted by molar-refractivity contribution is 5.02. The molecule has 0 fully saturated rings. The van der Waals surface area contributed by atoms with E-state index < -0.39 is 12.0 Å². The lowest BCUT2D eigenvalue weighted by atomic mass is 10.0. The summed E-state index contributed by atoms with van der Waals surface area (Å²) in [6, 6.07) is 0. The Morgan fingerprint density at radius 2 is 1.89 bits per heavy atom. The number of nitrogens with zero attached hydrogens (tertiary/aromatic N) is 4. The molecule has 2 N–H and O–H groups in total. The molecule has 0 saturated heterocycles. The molecule has 0 bridgehead atoms. The summed E-state index contributed by atoms with van der Waals surface area (Å²) < 4.78 is 39.1. The molecule has 0 radical (unpaired) electrons. The molecule has 2 heterocycles. The Labute approximate surface area is 109 Å². The SMILES string of the molecule is CC(C)(N)CCN1CCn2c(nnc2C(F)(F)F)C1. The van der Waals surface area contributed by atoms with Gasteiger partial charge < -0.3 is 10.3 Å². The Kier molecular flexibility index (Phi) is 3.57. The van der Waals surface area contributed by atoms with E-state index in [4.69, 9.17) is 5.73 Å². The van der Waals surface area contributed by atoms with E-state index in [1.807, 2.05) is 13.8 Å². The molecule has 0 atom stereocenters. The predicted octanol–water partition coefficient (Wildman–Crippen LogP) is 1.24. The second-order valence-electron chi connectivity index (χ2n) is 5.60. The number of alkyl halides is 3. The van der Waals surface area contributed by atoms with Crippen molar-refractivity contribution in [3.8, 4) is 0 Å². The van der Waals surface area contributed by atoms with Gasteiger partial charge in [0.25, 0.3) is 0 Å². The molecule has 1 aliphatic rings. The van der Waals surface area contributed by atoms with Gasteiger partial charge in [-0.3, -0.25) is 4.90 Å². The average Bonchev–Trinajstić information content (AvgIpc) is 2.67. The van der Waals surface area contributed by atoms with Crippen LogP contribution in [0, 0.1) is 0 Å². The molecule has 0 aliphatic carbocycles. The summed E-state index contributed by atoms with van der Waals surface area (Å²) in [6.45, 7) is 5.83. The van der Waals surface area contributed by atoms with Crippen LogP contribution in [-0.2, 0) is 19.3 Å². The first-order chi connectivity index (χ1) is 8.67. The molecule has 0 saturated carbocycles. The summed E-state index contributed by atoms with van der Waals surface area (Å²) in [5, 5.41) is 6.89. The van der Waals surface area contributed by atoms with Crippen LogP contribution < -0.4 is 5.73 Å². The van der Waals surface area contributed by atoms with Crippen molar-refractivity contribution < 1.29 is 13.2 Å². The van der Waals surface area contributed by atoms with Gasteiger partial charge in [0.15, 0.2) is 0 Å². The third kappa shape index (κ3) is 3.44. The average molecular weight is 277 g/mol. The van der Waals surface area contributed by atoms with Crippen molar-refractivity contribution in [3.63, 3.8) is 0 Å². The van der Waals surface area contributed by atoms with Crippen LogP contribution >= 0.6 is 0 Å². The van der Waals surface area contributed by atoms with Crippen LogP contribution in [-0.4, -0.2) is 38.3 Å². The van der Waals surface area contributed by atoms with Gasteiger partial charge in [-0.15, -0.1) is 10.2 Å². The van der Waals surface area contributed by atoms with Crippen LogP contribution in [0.2, 0.25) is 0 Å². The quantitative estimate of drug-likeness (QED) is 0.903. The maximum absolute atomic E-state index is 12.7. The molecule has 8 heteroatoms. The van der Waals surface area contributed by atoms with E-state index in [-0.39, 0.29) is 12.1 Å². The third-order valence-electron chi connectivity index (χ3n) is 3.16. The van der Waals surface area contributed by atoms with Gasteiger partial charge in [-0.1, -0.05) is 0 Å². The highest BCUT2D eigenvalue weighted by Gasteiger charge is 2.39. The molecule has 0 unspecified atom stereocenters. The number of hydrogen-bond donors (Lipinski definition) is 1. The second-order valence-corrected chi connectivity index (χ2v) is 5.60. The smallest absolute Gasteiger partial charge is 0.326 e. The molecule has 1 aromatic heterocycles. The second kappa shape index (κ2) is 4.75. The topological polar surface area (TPSA) is 60.0 Å². The number of nitrogens with two attached hydrogens (primary N) is 1. The van der Waals surface area contributed by atoms with Crippen LogP contribution in [0.1, 0.15) is 31.9 Å². The number of aromatic nitrogens is 3. The van der Waals surface area contributed by atoms with E-state index in [2.05, 4.69) is 15.1 Å². The standard InChI is InChI=1S/C11H18F3N5/c1-10(2,15)3-4-18-5-6-19-8(7-18)16-17-9(19)11(12,13)14/h3-7,15H2,1-2H3. The first kappa shape index (κ1) is 14.3. The summed E-state index contributed by atoms with van der Waals surface area (Å²) in [4.78, 5) is 2.05. The Hall–Kier alpha value is -1.15. The van der Waals surface area contributed by atoms with Crippen molar-refractivity contribution in [1.82, 2.24) is 19.7 Å². The maximum Gasteiger partial charge on any atom is 0.451 e. The van der Waals surface area contributed by atoms with Gasteiger partial charge in [0.05, 0.1) is 6.54 Å². The van der Waals surface area contributed by atoms with Gasteiger partial charge in [-0.05, 0) is 20.3 Å². The van der Waals surface area contributed by atoms with E-state index in [0.29, 0.717) is 18.9 Å². The van der Waals surface area contributed by atoms with Crippen LogP contribution in [0.4, 0.5) is 13.2 Å². The molecule has 0 amide bonds. The monoisotopic (exact) mass is 277 g/mol. The molecule has 1 aliphatic heterocycles.